The summed E-state index contributed by atoms with van der Waals surface area (Å²) >= 11 is 0. The molecule has 1 N–H and O–H groups in total. The minimum atomic E-state index is -1.95. The third-order valence-electron chi connectivity index (χ3n) is 2.72. The van der Waals surface area contributed by atoms with Crippen LogP contribution in [0.1, 0.15) is 47.5 Å². The Hall–Kier alpha value is 0.177. The Bertz CT molecular complexity index is 120. The van der Waals surface area contributed by atoms with E-state index in [-0.39, 0.29) is 5.04 Å². The number of hydrogen-bond acceptors (Lipinski definition) is 1. The minimum Gasteiger partial charge on any atom is -0.431 e. The topological polar surface area (TPSA) is 20.2 Å². The van der Waals surface area contributed by atoms with Crippen LogP contribution in [-0.4, -0.2) is 13.1 Å². The Labute approximate surface area is 78.3 Å². The lowest BCUT2D eigenvalue weighted by atomic mass is 10.2. The molecule has 0 spiro atoms. The average molecular weight is 188 g/mol. The smallest absolute Gasteiger partial charge is 0.193 e. The molecule has 74 valence electrons. The van der Waals surface area contributed by atoms with Crippen molar-refractivity contribution in [2.24, 2.45) is 0 Å². The van der Waals surface area contributed by atoms with Crippen molar-refractivity contribution in [2.75, 3.05) is 0 Å². The molecule has 12 heavy (non-hydrogen) atoms. The normalized spacial score (nSPS) is 13.5. The van der Waals surface area contributed by atoms with Crippen LogP contribution in [0.15, 0.2) is 0 Å². The van der Waals surface area contributed by atoms with Gasteiger partial charge in [0.25, 0.3) is 0 Å². The summed E-state index contributed by atoms with van der Waals surface area (Å²) in [7, 11) is -1.95. The maximum atomic E-state index is 10.5. The minimum absolute atomic E-state index is 0.152. The summed E-state index contributed by atoms with van der Waals surface area (Å²) < 4.78 is 0. The second kappa shape index (κ2) is 4.42. The van der Waals surface area contributed by atoms with E-state index in [9.17, 15) is 4.80 Å². The SMILES string of the molecule is CCC[Si](O)(CCC)C(C)(C)C. The fourth-order valence-corrected chi connectivity index (χ4v) is 5.11. The lowest BCUT2D eigenvalue weighted by Crippen LogP contribution is -2.43. The molecule has 0 aliphatic carbocycles. The van der Waals surface area contributed by atoms with Crippen LogP contribution >= 0.6 is 0 Å². The van der Waals surface area contributed by atoms with E-state index in [2.05, 4.69) is 34.6 Å². The number of hydrogen-bond donors (Lipinski definition) is 1. The molecular formula is C10H24OSi. The Balaban J connectivity index is 4.38. The van der Waals surface area contributed by atoms with Crippen LogP contribution in [0, 0.1) is 0 Å². The Morgan fingerprint density at radius 3 is 1.50 bits per heavy atom. The molecule has 2 heteroatoms. The van der Waals surface area contributed by atoms with E-state index in [1.165, 1.54) is 0 Å². The van der Waals surface area contributed by atoms with Gasteiger partial charge in [-0.25, -0.2) is 0 Å². The van der Waals surface area contributed by atoms with Gasteiger partial charge in [0, 0.05) is 0 Å². The molecule has 0 atom stereocenters. The molecule has 0 rings (SSSR count). The first-order valence-corrected chi connectivity index (χ1v) is 7.46. The summed E-state index contributed by atoms with van der Waals surface area (Å²) in [5, 5.41) is 0.152. The van der Waals surface area contributed by atoms with E-state index in [4.69, 9.17) is 0 Å². The maximum absolute atomic E-state index is 10.5. The van der Waals surface area contributed by atoms with Gasteiger partial charge in [0.2, 0.25) is 0 Å². The van der Waals surface area contributed by atoms with Gasteiger partial charge in [0.05, 0.1) is 0 Å². The van der Waals surface area contributed by atoms with Crippen LogP contribution in [0.4, 0.5) is 0 Å². The van der Waals surface area contributed by atoms with Crippen molar-refractivity contribution in [3.8, 4) is 0 Å². The predicted molar refractivity (Wildman–Crippen MR) is 57.9 cm³/mol. The summed E-state index contributed by atoms with van der Waals surface area (Å²) in [5.74, 6) is 0. The van der Waals surface area contributed by atoms with Crippen molar-refractivity contribution < 1.29 is 4.80 Å². The Kier molecular flexibility index (Phi) is 4.49. The van der Waals surface area contributed by atoms with Crippen molar-refractivity contribution in [1.29, 1.82) is 0 Å². The highest BCUT2D eigenvalue weighted by molar-refractivity contribution is 6.75. The average Bonchev–Trinajstić information content (AvgIpc) is 1.86. The highest BCUT2D eigenvalue weighted by Crippen LogP contribution is 2.40. The molecular weight excluding hydrogens is 164 g/mol. The van der Waals surface area contributed by atoms with E-state index >= 15 is 0 Å². The summed E-state index contributed by atoms with van der Waals surface area (Å²) in [4.78, 5) is 10.5. The van der Waals surface area contributed by atoms with Gasteiger partial charge in [0.1, 0.15) is 0 Å². The number of rotatable bonds is 4. The molecule has 0 aromatic heterocycles. The van der Waals surface area contributed by atoms with E-state index in [0.29, 0.717) is 0 Å². The fourth-order valence-electron chi connectivity index (χ4n) is 1.70. The van der Waals surface area contributed by atoms with Crippen LogP contribution < -0.4 is 0 Å². The first kappa shape index (κ1) is 12.2. The van der Waals surface area contributed by atoms with Gasteiger partial charge in [-0.1, -0.05) is 47.5 Å². The molecule has 0 aromatic carbocycles. The Morgan fingerprint density at radius 1 is 1.00 bits per heavy atom. The monoisotopic (exact) mass is 188 g/mol. The van der Waals surface area contributed by atoms with Gasteiger partial charge in [-0.2, -0.15) is 0 Å². The molecule has 0 aromatic rings. The molecule has 0 unspecified atom stereocenters. The molecule has 0 radical (unpaired) electrons. The van der Waals surface area contributed by atoms with Crippen LogP contribution in [0.25, 0.3) is 0 Å². The second-order valence-electron chi connectivity index (χ2n) is 4.78. The van der Waals surface area contributed by atoms with E-state index in [0.717, 1.165) is 24.9 Å². The maximum Gasteiger partial charge on any atom is 0.193 e. The molecule has 0 bridgehead atoms. The molecule has 0 fully saturated rings. The quantitative estimate of drug-likeness (QED) is 0.669. The Morgan fingerprint density at radius 2 is 1.33 bits per heavy atom. The zero-order valence-corrected chi connectivity index (χ0v) is 10.3. The standard InChI is InChI=1S/C10H24OSi/c1-6-8-12(11,9-7-2)10(3,4)5/h11H,6-9H2,1-5H3. The predicted octanol–water partition coefficient (Wildman–Crippen LogP) is 3.54. The van der Waals surface area contributed by atoms with Crippen molar-refractivity contribution >= 4 is 8.32 Å². The van der Waals surface area contributed by atoms with Crippen molar-refractivity contribution in [2.45, 2.75) is 64.6 Å². The first-order valence-electron chi connectivity index (χ1n) is 5.09. The van der Waals surface area contributed by atoms with Gasteiger partial charge >= 0.3 is 0 Å². The zero-order valence-electron chi connectivity index (χ0n) is 9.28. The van der Waals surface area contributed by atoms with Gasteiger partial charge in [-0.3, -0.25) is 0 Å². The summed E-state index contributed by atoms with van der Waals surface area (Å²) in [6, 6.07) is 2.12. The fraction of sp³-hybridized carbons (Fsp3) is 1.00. The van der Waals surface area contributed by atoms with Crippen LogP contribution in [0.2, 0.25) is 17.1 Å². The third kappa shape index (κ3) is 2.90. The van der Waals surface area contributed by atoms with Crippen molar-refractivity contribution in [3.05, 3.63) is 0 Å². The lowest BCUT2D eigenvalue weighted by Gasteiger charge is -2.37. The molecule has 0 saturated carbocycles. The first-order chi connectivity index (χ1) is 5.37. The molecule has 0 saturated heterocycles. The summed E-state index contributed by atoms with van der Waals surface area (Å²) in [5.41, 5.74) is 0. The van der Waals surface area contributed by atoms with Gasteiger partial charge in [-0.15, -0.1) is 0 Å². The third-order valence-corrected chi connectivity index (χ3v) is 8.17. The molecule has 0 aliphatic rings. The van der Waals surface area contributed by atoms with Crippen LogP contribution in [0.3, 0.4) is 0 Å². The van der Waals surface area contributed by atoms with Gasteiger partial charge < -0.3 is 4.80 Å². The van der Waals surface area contributed by atoms with E-state index in [1.54, 1.807) is 0 Å². The molecule has 0 aliphatic heterocycles. The second-order valence-corrected chi connectivity index (χ2v) is 9.34. The van der Waals surface area contributed by atoms with E-state index < -0.39 is 8.32 Å². The van der Waals surface area contributed by atoms with Crippen molar-refractivity contribution in [3.63, 3.8) is 0 Å². The highest BCUT2D eigenvalue weighted by Gasteiger charge is 2.41. The molecule has 0 heterocycles. The summed E-state index contributed by atoms with van der Waals surface area (Å²) in [6.07, 6.45) is 2.25. The van der Waals surface area contributed by atoms with E-state index in [1.807, 2.05) is 0 Å². The van der Waals surface area contributed by atoms with Gasteiger partial charge in [0.15, 0.2) is 8.32 Å². The van der Waals surface area contributed by atoms with Crippen LogP contribution in [-0.2, 0) is 0 Å². The zero-order chi connectivity index (χ0) is 9.83. The molecule has 0 amide bonds. The largest absolute Gasteiger partial charge is 0.431 e. The van der Waals surface area contributed by atoms with Gasteiger partial charge in [-0.05, 0) is 17.1 Å². The molecule has 1 nitrogen and oxygen atoms in total. The summed E-state index contributed by atoms with van der Waals surface area (Å²) in [6.45, 7) is 10.9. The highest BCUT2D eigenvalue weighted by atomic mass is 28.4. The van der Waals surface area contributed by atoms with Crippen LogP contribution in [0.5, 0.6) is 0 Å². The van der Waals surface area contributed by atoms with Crippen molar-refractivity contribution in [1.82, 2.24) is 0 Å². The lowest BCUT2D eigenvalue weighted by molar-refractivity contribution is 0.459.